The quantitative estimate of drug-likeness (QED) is 0.529. The molecule has 7 nitrogen and oxygen atoms in total. The number of carbonyl (C=O) groups is 2. The number of carbonyl (C=O) groups excluding carboxylic acids is 2. The fraction of sp³-hybridized carbons (Fsp3) is 0.417. The number of benzene rings is 2. The topological polar surface area (TPSA) is 86.8 Å². The molecule has 0 bridgehead atoms. The van der Waals surface area contributed by atoms with Crippen molar-refractivity contribution in [2.24, 2.45) is 0 Å². The molecule has 1 atom stereocenters. The molecule has 2 rings (SSSR count). The van der Waals surface area contributed by atoms with Gasteiger partial charge in [0, 0.05) is 12.1 Å². The lowest BCUT2D eigenvalue weighted by molar-refractivity contribution is -0.141. The first-order chi connectivity index (χ1) is 16.1. The maximum absolute atomic E-state index is 13.6. The SMILES string of the molecule is CCC(C(=O)NC(C)(C)C)N(Cc1ccc(F)cc1)C(=O)CN(c1ccc(F)c(Cl)c1)S(C)(=O)=O. The predicted molar refractivity (Wildman–Crippen MR) is 133 cm³/mol. The van der Waals surface area contributed by atoms with Gasteiger partial charge in [0.25, 0.3) is 0 Å². The fourth-order valence-corrected chi connectivity index (χ4v) is 4.43. The van der Waals surface area contributed by atoms with E-state index in [4.69, 9.17) is 11.6 Å². The number of rotatable bonds is 9. The number of hydrogen-bond acceptors (Lipinski definition) is 4. The van der Waals surface area contributed by atoms with Crippen LogP contribution in [0.4, 0.5) is 14.5 Å². The molecule has 11 heteroatoms. The van der Waals surface area contributed by atoms with Crippen LogP contribution in [-0.4, -0.2) is 49.5 Å². The zero-order chi connectivity index (χ0) is 26.6. The second-order valence-corrected chi connectivity index (χ2v) is 11.5. The van der Waals surface area contributed by atoms with E-state index < -0.39 is 51.6 Å². The zero-order valence-electron chi connectivity index (χ0n) is 20.3. The summed E-state index contributed by atoms with van der Waals surface area (Å²) >= 11 is 5.83. The third-order valence-corrected chi connectivity index (χ3v) is 6.45. The normalized spacial score (nSPS) is 12.7. The molecule has 0 radical (unpaired) electrons. The van der Waals surface area contributed by atoms with Crippen LogP contribution in [0.2, 0.25) is 5.02 Å². The van der Waals surface area contributed by atoms with Crippen molar-refractivity contribution in [3.05, 3.63) is 64.7 Å². The van der Waals surface area contributed by atoms with Crippen LogP contribution in [0, 0.1) is 11.6 Å². The van der Waals surface area contributed by atoms with Gasteiger partial charge in [-0.25, -0.2) is 17.2 Å². The summed E-state index contributed by atoms with van der Waals surface area (Å²) in [6, 6.07) is 7.82. The molecule has 0 heterocycles. The van der Waals surface area contributed by atoms with Crippen LogP contribution >= 0.6 is 11.6 Å². The van der Waals surface area contributed by atoms with Gasteiger partial charge >= 0.3 is 0 Å². The van der Waals surface area contributed by atoms with Gasteiger partial charge < -0.3 is 10.2 Å². The minimum absolute atomic E-state index is 0.00109. The van der Waals surface area contributed by atoms with E-state index in [0.717, 1.165) is 22.7 Å². The molecular weight excluding hydrogens is 500 g/mol. The van der Waals surface area contributed by atoms with Crippen molar-refractivity contribution < 1.29 is 26.8 Å². The number of halogens is 3. The molecule has 2 aromatic carbocycles. The largest absolute Gasteiger partial charge is 0.350 e. The fourth-order valence-electron chi connectivity index (χ4n) is 3.41. The highest BCUT2D eigenvalue weighted by atomic mass is 35.5. The van der Waals surface area contributed by atoms with Crippen LogP contribution in [0.5, 0.6) is 0 Å². The average molecular weight is 530 g/mol. The Kier molecular flexibility index (Phi) is 9.24. The molecule has 0 aliphatic rings. The van der Waals surface area contributed by atoms with Crippen molar-refractivity contribution in [3.8, 4) is 0 Å². The molecule has 0 aliphatic heterocycles. The summed E-state index contributed by atoms with van der Waals surface area (Å²) in [6.07, 6.45) is 1.15. The lowest BCUT2D eigenvalue weighted by Crippen LogP contribution is -2.55. The minimum atomic E-state index is -3.98. The van der Waals surface area contributed by atoms with E-state index in [0.29, 0.717) is 5.56 Å². The Morgan fingerprint density at radius 1 is 1.09 bits per heavy atom. The van der Waals surface area contributed by atoms with Crippen molar-refractivity contribution in [2.45, 2.75) is 52.2 Å². The van der Waals surface area contributed by atoms with E-state index in [9.17, 15) is 26.8 Å². The molecule has 2 aromatic rings. The van der Waals surface area contributed by atoms with Crippen LogP contribution in [0.3, 0.4) is 0 Å². The second-order valence-electron chi connectivity index (χ2n) is 9.18. The standard InChI is InChI=1S/C24H30ClF2N3O4S/c1-6-21(23(32)28-24(2,3)4)29(14-16-7-9-17(26)10-8-16)22(31)15-30(35(5,33)34)18-11-12-20(27)19(25)13-18/h7-13,21H,6,14-15H2,1-5H3,(H,28,32). The molecule has 1 N–H and O–H groups in total. The summed E-state index contributed by atoms with van der Waals surface area (Å²) in [7, 11) is -3.98. The number of sulfonamides is 1. The Hall–Kier alpha value is -2.72. The van der Waals surface area contributed by atoms with Crippen LogP contribution in [0.1, 0.15) is 39.7 Å². The zero-order valence-corrected chi connectivity index (χ0v) is 21.9. The molecule has 2 amide bonds. The van der Waals surface area contributed by atoms with E-state index in [-0.39, 0.29) is 23.7 Å². The maximum atomic E-state index is 13.6. The Labute approximate surface area is 210 Å². The highest BCUT2D eigenvalue weighted by Gasteiger charge is 2.33. The number of hydrogen-bond donors (Lipinski definition) is 1. The lowest BCUT2D eigenvalue weighted by Gasteiger charge is -2.34. The first-order valence-electron chi connectivity index (χ1n) is 10.9. The molecule has 0 aliphatic carbocycles. The number of amides is 2. The summed E-state index contributed by atoms with van der Waals surface area (Å²) in [5, 5.41) is 2.54. The number of nitrogens with zero attached hydrogens (tertiary/aromatic N) is 2. The molecule has 192 valence electrons. The summed E-state index contributed by atoms with van der Waals surface area (Å²) in [4.78, 5) is 27.8. The van der Waals surface area contributed by atoms with E-state index >= 15 is 0 Å². The van der Waals surface area contributed by atoms with E-state index in [1.165, 1.54) is 35.2 Å². The van der Waals surface area contributed by atoms with E-state index in [2.05, 4.69) is 5.32 Å². The monoisotopic (exact) mass is 529 g/mol. The summed E-state index contributed by atoms with van der Waals surface area (Å²) in [5.41, 5.74) is -0.0164. The molecule has 1 unspecified atom stereocenters. The first-order valence-corrected chi connectivity index (χ1v) is 13.1. The number of anilines is 1. The van der Waals surface area contributed by atoms with Crippen molar-refractivity contribution in [3.63, 3.8) is 0 Å². The smallest absolute Gasteiger partial charge is 0.244 e. The summed E-state index contributed by atoms with van der Waals surface area (Å²) in [6.45, 7) is 6.42. The maximum Gasteiger partial charge on any atom is 0.244 e. The lowest BCUT2D eigenvalue weighted by atomic mass is 10.1. The highest BCUT2D eigenvalue weighted by Crippen LogP contribution is 2.25. The molecular formula is C24H30ClF2N3O4S. The van der Waals surface area contributed by atoms with Gasteiger partial charge in [-0.3, -0.25) is 13.9 Å². The van der Waals surface area contributed by atoms with Gasteiger partial charge in [-0.1, -0.05) is 30.7 Å². The van der Waals surface area contributed by atoms with Crippen LogP contribution in [-0.2, 0) is 26.2 Å². The van der Waals surface area contributed by atoms with Gasteiger partial charge in [0.05, 0.1) is 17.0 Å². The van der Waals surface area contributed by atoms with Gasteiger partial charge in [-0.15, -0.1) is 0 Å². The highest BCUT2D eigenvalue weighted by molar-refractivity contribution is 7.92. The third-order valence-electron chi connectivity index (χ3n) is 5.02. The minimum Gasteiger partial charge on any atom is -0.350 e. The Balaban J connectivity index is 2.47. The van der Waals surface area contributed by atoms with E-state index in [1.54, 1.807) is 27.7 Å². The van der Waals surface area contributed by atoms with E-state index in [1.807, 2.05) is 0 Å². The van der Waals surface area contributed by atoms with Gasteiger partial charge in [0.2, 0.25) is 21.8 Å². The number of nitrogens with one attached hydrogen (secondary N) is 1. The second kappa shape index (κ2) is 11.3. The molecule has 0 saturated heterocycles. The van der Waals surface area contributed by atoms with Crippen molar-refractivity contribution >= 4 is 39.1 Å². The van der Waals surface area contributed by atoms with Crippen LogP contribution < -0.4 is 9.62 Å². The summed E-state index contributed by atoms with van der Waals surface area (Å²) < 4.78 is 52.9. The predicted octanol–water partition coefficient (Wildman–Crippen LogP) is 4.11. The first kappa shape index (κ1) is 28.5. The van der Waals surface area contributed by atoms with Gasteiger partial charge in [0.15, 0.2) is 0 Å². The molecule has 0 spiro atoms. The molecule has 0 fully saturated rings. The van der Waals surface area contributed by atoms with Crippen LogP contribution in [0.15, 0.2) is 42.5 Å². The molecule has 35 heavy (non-hydrogen) atoms. The van der Waals surface area contributed by atoms with Gasteiger partial charge in [0.1, 0.15) is 24.2 Å². The summed E-state index contributed by atoms with van der Waals surface area (Å²) in [5.74, 6) is -2.28. The van der Waals surface area contributed by atoms with Crippen molar-refractivity contribution in [1.82, 2.24) is 10.2 Å². The Morgan fingerprint density at radius 3 is 2.17 bits per heavy atom. The third kappa shape index (κ3) is 8.17. The molecule has 0 aromatic heterocycles. The van der Waals surface area contributed by atoms with Crippen LogP contribution in [0.25, 0.3) is 0 Å². The molecule has 0 saturated carbocycles. The van der Waals surface area contributed by atoms with Crippen molar-refractivity contribution in [1.29, 1.82) is 0 Å². The van der Waals surface area contributed by atoms with Crippen molar-refractivity contribution in [2.75, 3.05) is 17.1 Å². The average Bonchev–Trinajstić information content (AvgIpc) is 2.73. The Morgan fingerprint density at radius 2 is 1.69 bits per heavy atom. The Bertz CT molecular complexity index is 1170. The van der Waals surface area contributed by atoms with Gasteiger partial charge in [-0.2, -0.15) is 0 Å². The van der Waals surface area contributed by atoms with Gasteiger partial charge in [-0.05, 0) is 63.1 Å².